The van der Waals surface area contributed by atoms with E-state index in [1.165, 1.54) is 18.3 Å². The average molecular weight is 252 g/mol. The van der Waals surface area contributed by atoms with Crippen molar-refractivity contribution in [2.45, 2.75) is 13.3 Å². The van der Waals surface area contributed by atoms with Crippen LogP contribution in [0.25, 0.3) is 0 Å². The molecule has 1 rings (SSSR count). The third-order valence-corrected chi connectivity index (χ3v) is 2.48. The number of aromatic carboxylic acids is 1. The Hall–Kier alpha value is -1.95. The normalized spacial score (nSPS) is 10.1. The quantitative estimate of drug-likeness (QED) is 0.774. The lowest BCUT2D eigenvalue weighted by Crippen LogP contribution is -2.32. The van der Waals surface area contributed by atoms with Gasteiger partial charge in [0.1, 0.15) is 5.69 Å². The Kier molecular flexibility index (Phi) is 5.26. The van der Waals surface area contributed by atoms with Gasteiger partial charge in [-0.1, -0.05) is 0 Å². The molecule has 0 aromatic carbocycles. The predicted molar refractivity (Wildman–Crippen MR) is 64.5 cm³/mol. The molecule has 18 heavy (non-hydrogen) atoms. The Morgan fingerprint density at radius 1 is 1.44 bits per heavy atom. The Bertz CT molecular complexity index is 434. The van der Waals surface area contributed by atoms with E-state index in [-0.39, 0.29) is 18.2 Å². The maximum atomic E-state index is 12.1. The predicted octanol–water partition coefficient (Wildman–Crippen LogP) is 0.624. The van der Waals surface area contributed by atoms with Crippen LogP contribution in [0.5, 0.6) is 0 Å². The lowest BCUT2D eigenvalue weighted by molar-refractivity contribution is 0.0690. The lowest BCUT2D eigenvalue weighted by Gasteiger charge is -2.20. The van der Waals surface area contributed by atoms with Crippen LogP contribution in [0.3, 0.4) is 0 Å². The monoisotopic (exact) mass is 252 g/mol. The molecule has 1 heterocycles. The molecule has 0 saturated heterocycles. The van der Waals surface area contributed by atoms with Gasteiger partial charge in [-0.3, -0.25) is 4.79 Å². The third-order valence-electron chi connectivity index (χ3n) is 2.48. The standard InChI is InChI=1S/C12H16N2O4/c1-2-14(6-3-7-15)11(16)9-4-5-13-10(8-9)12(17)18/h4-5,8,15H,2-3,6-7H2,1H3,(H,17,18). The molecule has 2 N–H and O–H groups in total. The van der Waals surface area contributed by atoms with Crippen molar-refractivity contribution in [1.29, 1.82) is 0 Å². The van der Waals surface area contributed by atoms with Gasteiger partial charge in [-0.15, -0.1) is 0 Å². The molecule has 6 nitrogen and oxygen atoms in total. The first-order chi connectivity index (χ1) is 8.60. The number of carbonyl (C=O) groups excluding carboxylic acids is 1. The van der Waals surface area contributed by atoms with Crippen LogP contribution in [0, 0.1) is 0 Å². The lowest BCUT2D eigenvalue weighted by atomic mass is 10.2. The van der Waals surface area contributed by atoms with Crippen LogP contribution in [0.2, 0.25) is 0 Å². The van der Waals surface area contributed by atoms with Crippen LogP contribution in [0.4, 0.5) is 0 Å². The molecule has 1 aromatic rings. The van der Waals surface area contributed by atoms with E-state index in [2.05, 4.69) is 4.98 Å². The SMILES string of the molecule is CCN(CCCO)C(=O)c1ccnc(C(=O)O)c1. The van der Waals surface area contributed by atoms with E-state index in [0.717, 1.165) is 0 Å². The fraction of sp³-hybridized carbons (Fsp3) is 0.417. The molecule has 0 bridgehead atoms. The number of rotatable bonds is 6. The van der Waals surface area contributed by atoms with Crippen LogP contribution >= 0.6 is 0 Å². The van der Waals surface area contributed by atoms with Crippen molar-refractivity contribution in [3.63, 3.8) is 0 Å². The van der Waals surface area contributed by atoms with Crippen LogP contribution in [-0.2, 0) is 0 Å². The van der Waals surface area contributed by atoms with Gasteiger partial charge in [-0.25, -0.2) is 9.78 Å². The fourth-order valence-electron chi connectivity index (χ4n) is 1.53. The van der Waals surface area contributed by atoms with Crippen molar-refractivity contribution >= 4 is 11.9 Å². The fourth-order valence-corrected chi connectivity index (χ4v) is 1.53. The molecule has 1 aromatic heterocycles. The zero-order valence-corrected chi connectivity index (χ0v) is 10.2. The number of aliphatic hydroxyl groups is 1. The molecule has 0 spiro atoms. The Morgan fingerprint density at radius 2 is 2.17 bits per heavy atom. The van der Waals surface area contributed by atoms with E-state index in [1.54, 1.807) is 4.90 Å². The summed E-state index contributed by atoms with van der Waals surface area (Å²) in [7, 11) is 0. The van der Waals surface area contributed by atoms with Crippen LogP contribution in [0.15, 0.2) is 18.3 Å². The first-order valence-corrected chi connectivity index (χ1v) is 5.69. The Balaban J connectivity index is 2.87. The second kappa shape index (κ2) is 6.70. The smallest absolute Gasteiger partial charge is 0.354 e. The van der Waals surface area contributed by atoms with Gasteiger partial charge in [0.05, 0.1) is 0 Å². The van der Waals surface area contributed by atoms with E-state index in [4.69, 9.17) is 10.2 Å². The molecule has 6 heteroatoms. The molecule has 0 aliphatic heterocycles. The van der Waals surface area contributed by atoms with Crippen LogP contribution < -0.4 is 0 Å². The second-order valence-electron chi connectivity index (χ2n) is 3.70. The van der Waals surface area contributed by atoms with Crippen molar-refractivity contribution in [1.82, 2.24) is 9.88 Å². The zero-order chi connectivity index (χ0) is 13.5. The van der Waals surface area contributed by atoms with E-state index in [1.807, 2.05) is 6.92 Å². The van der Waals surface area contributed by atoms with Gasteiger partial charge in [0.25, 0.3) is 5.91 Å². The molecule has 0 unspecified atom stereocenters. The Labute approximate surface area is 105 Å². The van der Waals surface area contributed by atoms with E-state index < -0.39 is 5.97 Å². The summed E-state index contributed by atoms with van der Waals surface area (Å²) >= 11 is 0. The van der Waals surface area contributed by atoms with Gasteiger partial charge in [0.2, 0.25) is 0 Å². The van der Waals surface area contributed by atoms with Crippen LogP contribution in [0.1, 0.15) is 34.2 Å². The minimum absolute atomic E-state index is 0.0144. The van der Waals surface area contributed by atoms with Crippen molar-refractivity contribution in [3.8, 4) is 0 Å². The van der Waals surface area contributed by atoms with Crippen molar-refractivity contribution in [3.05, 3.63) is 29.6 Å². The van der Waals surface area contributed by atoms with Crippen LogP contribution in [-0.4, -0.2) is 51.7 Å². The molecule has 0 saturated carbocycles. The minimum Gasteiger partial charge on any atom is -0.477 e. The van der Waals surface area contributed by atoms with E-state index in [0.29, 0.717) is 25.1 Å². The number of carbonyl (C=O) groups is 2. The minimum atomic E-state index is -1.16. The number of hydrogen-bond acceptors (Lipinski definition) is 4. The second-order valence-corrected chi connectivity index (χ2v) is 3.70. The highest BCUT2D eigenvalue weighted by atomic mass is 16.4. The number of hydrogen-bond donors (Lipinski definition) is 2. The van der Waals surface area contributed by atoms with Gasteiger partial charge in [-0.2, -0.15) is 0 Å². The summed E-state index contributed by atoms with van der Waals surface area (Å²) in [5.41, 5.74) is 0.140. The molecule has 1 amide bonds. The zero-order valence-electron chi connectivity index (χ0n) is 10.2. The summed E-state index contributed by atoms with van der Waals surface area (Å²) < 4.78 is 0. The van der Waals surface area contributed by atoms with E-state index in [9.17, 15) is 9.59 Å². The third kappa shape index (κ3) is 3.53. The molecule has 0 aliphatic carbocycles. The average Bonchev–Trinajstić information content (AvgIpc) is 2.39. The molecule has 0 radical (unpaired) electrons. The number of carboxylic acids is 1. The maximum Gasteiger partial charge on any atom is 0.354 e. The number of aromatic nitrogens is 1. The summed E-state index contributed by atoms with van der Waals surface area (Å²) in [6.45, 7) is 2.79. The Morgan fingerprint density at radius 3 is 2.72 bits per heavy atom. The molecule has 0 atom stereocenters. The maximum absolute atomic E-state index is 12.1. The highest BCUT2D eigenvalue weighted by Gasteiger charge is 2.15. The topological polar surface area (TPSA) is 90.7 Å². The highest BCUT2D eigenvalue weighted by Crippen LogP contribution is 2.07. The molecular formula is C12H16N2O4. The summed E-state index contributed by atoms with van der Waals surface area (Å²) in [6.07, 6.45) is 1.80. The van der Waals surface area contributed by atoms with Crippen molar-refractivity contribution < 1.29 is 19.8 Å². The molecule has 98 valence electrons. The van der Waals surface area contributed by atoms with Gasteiger partial charge < -0.3 is 15.1 Å². The molecule has 0 aliphatic rings. The summed E-state index contributed by atoms with van der Waals surface area (Å²) in [6, 6.07) is 2.74. The largest absolute Gasteiger partial charge is 0.477 e. The number of amides is 1. The number of aliphatic hydroxyl groups excluding tert-OH is 1. The van der Waals surface area contributed by atoms with Crippen molar-refractivity contribution in [2.24, 2.45) is 0 Å². The first kappa shape index (κ1) is 14.1. The molecule has 0 fully saturated rings. The van der Waals surface area contributed by atoms with Gasteiger partial charge in [0.15, 0.2) is 0 Å². The number of pyridine rings is 1. The number of carboxylic acid groups (broad SMARTS) is 1. The van der Waals surface area contributed by atoms with E-state index >= 15 is 0 Å². The van der Waals surface area contributed by atoms with Crippen molar-refractivity contribution in [2.75, 3.05) is 19.7 Å². The van der Waals surface area contributed by atoms with Gasteiger partial charge >= 0.3 is 5.97 Å². The summed E-state index contributed by atoms with van der Waals surface area (Å²) in [5.74, 6) is -1.42. The molecular weight excluding hydrogens is 236 g/mol. The summed E-state index contributed by atoms with van der Waals surface area (Å²) in [5, 5.41) is 17.6. The highest BCUT2D eigenvalue weighted by molar-refractivity contribution is 5.96. The first-order valence-electron chi connectivity index (χ1n) is 5.69. The van der Waals surface area contributed by atoms with Gasteiger partial charge in [0, 0.05) is 31.5 Å². The van der Waals surface area contributed by atoms with Gasteiger partial charge in [-0.05, 0) is 25.5 Å². The number of nitrogens with zero attached hydrogens (tertiary/aromatic N) is 2. The summed E-state index contributed by atoms with van der Waals surface area (Å²) in [4.78, 5) is 28.1.